The second-order valence-corrected chi connectivity index (χ2v) is 7.97. The van der Waals surface area contributed by atoms with Crippen molar-refractivity contribution in [2.75, 3.05) is 39.5 Å². The SMILES string of the molecule is CCOC(=O)C1(CNC(=O)c2cc(OCC(F)(F)F)ccc2OCC(F)(F)F)CCCCN1CC=O. The zero-order valence-corrected chi connectivity index (χ0v) is 19.3. The van der Waals surface area contributed by atoms with E-state index in [0.29, 0.717) is 25.7 Å². The van der Waals surface area contributed by atoms with Crippen LogP contribution in [0, 0.1) is 0 Å². The molecule has 0 saturated carbocycles. The lowest BCUT2D eigenvalue weighted by atomic mass is 9.86. The van der Waals surface area contributed by atoms with E-state index in [1.165, 1.54) is 0 Å². The zero-order chi connectivity index (χ0) is 27.0. The molecule has 14 heteroatoms. The van der Waals surface area contributed by atoms with Crippen LogP contribution in [0.1, 0.15) is 36.5 Å². The Morgan fingerprint density at radius 1 is 1.08 bits per heavy atom. The number of benzene rings is 1. The minimum Gasteiger partial charge on any atom is -0.484 e. The molecule has 1 saturated heterocycles. The molecule has 36 heavy (non-hydrogen) atoms. The number of halogens is 6. The minimum absolute atomic E-state index is 0.0253. The van der Waals surface area contributed by atoms with Crippen LogP contribution >= 0.6 is 0 Å². The highest BCUT2D eigenvalue weighted by molar-refractivity contribution is 5.98. The maximum absolute atomic E-state index is 13.0. The Hall–Kier alpha value is -3.03. The molecule has 8 nitrogen and oxygen atoms in total. The molecule has 0 radical (unpaired) electrons. The summed E-state index contributed by atoms with van der Waals surface area (Å²) in [5, 5.41) is 2.44. The highest BCUT2D eigenvalue weighted by Gasteiger charge is 2.47. The summed E-state index contributed by atoms with van der Waals surface area (Å²) in [6, 6.07) is 2.63. The van der Waals surface area contributed by atoms with Crippen molar-refractivity contribution in [3.05, 3.63) is 23.8 Å². The van der Waals surface area contributed by atoms with E-state index in [9.17, 15) is 40.7 Å². The summed E-state index contributed by atoms with van der Waals surface area (Å²) in [5.41, 5.74) is -1.95. The Kier molecular flexibility index (Phi) is 9.96. The predicted octanol–water partition coefficient (Wildman–Crippen LogP) is 3.29. The number of piperidine rings is 1. The lowest BCUT2D eigenvalue weighted by molar-refractivity contribution is -0.160. The lowest BCUT2D eigenvalue weighted by Crippen LogP contribution is -2.63. The van der Waals surface area contributed by atoms with E-state index in [-0.39, 0.29) is 26.1 Å². The second-order valence-electron chi connectivity index (χ2n) is 7.97. The molecule has 0 aliphatic carbocycles. The Bertz CT molecular complexity index is 923. The third kappa shape index (κ3) is 8.28. The summed E-state index contributed by atoms with van der Waals surface area (Å²) in [6.07, 6.45) is -7.37. The minimum atomic E-state index is -4.75. The van der Waals surface area contributed by atoms with Gasteiger partial charge in [0.2, 0.25) is 0 Å². The number of nitrogens with one attached hydrogen (secondary N) is 1. The van der Waals surface area contributed by atoms with E-state index in [1.54, 1.807) is 11.8 Å². The number of carbonyl (C=O) groups is 3. The highest BCUT2D eigenvalue weighted by Crippen LogP contribution is 2.31. The van der Waals surface area contributed by atoms with Crippen molar-refractivity contribution in [1.82, 2.24) is 10.2 Å². The van der Waals surface area contributed by atoms with Gasteiger partial charge in [-0.1, -0.05) is 0 Å². The molecule has 1 N–H and O–H groups in total. The van der Waals surface area contributed by atoms with Crippen molar-refractivity contribution in [3.8, 4) is 11.5 Å². The zero-order valence-electron chi connectivity index (χ0n) is 19.3. The summed E-state index contributed by atoms with van der Waals surface area (Å²) in [7, 11) is 0. The average molecular weight is 528 g/mol. The van der Waals surface area contributed by atoms with Gasteiger partial charge in [0.15, 0.2) is 13.2 Å². The van der Waals surface area contributed by atoms with Crippen LogP contribution in [0.15, 0.2) is 18.2 Å². The molecule has 0 spiro atoms. The van der Waals surface area contributed by atoms with E-state index in [0.717, 1.165) is 18.2 Å². The topological polar surface area (TPSA) is 94.2 Å². The first-order valence-electron chi connectivity index (χ1n) is 11.0. The average Bonchev–Trinajstić information content (AvgIpc) is 2.80. The number of hydrogen-bond acceptors (Lipinski definition) is 7. The van der Waals surface area contributed by atoms with Crippen LogP contribution in [0.5, 0.6) is 11.5 Å². The molecule has 1 atom stereocenters. The number of carbonyl (C=O) groups excluding carboxylic acids is 3. The monoisotopic (exact) mass is 528 g/mol. The van der Waals surface area contributed by atoms with Crippen molar-refractivity contribution in [1.29, 1.82) is 0 Å². The normalized spacial score (nSPS) is 18.9. The van der Waals surface area contributed by atoms with Crippen molar-refractivity contribution < 1.29 is 54.9 Å². The quantitative estimate of drug-likeness (QED) is 0.268. The molecule has 1 aromatic carbocycles. The number of aldehydes is 1. The number of likely N-dealkylation sites (tertiary alicyclic amines) is 1. The van der Waals surface area contributed by atoms with Crippen LogP contribution in [-0.4, -0.2) is 80.4 Å². The van der Waals surface area contributed by atoms with Gasteiger partial charge in [-0.25, -0.2) is 4.79 Å². The number of alkyl halides is 6. The Morgan fingerprint density at radius 3 is 2.36 bits per heavy atom. The smallest absolute Gasteiger partial charge is 0.422 e. The molecule has 1 aliphatic rings. The number of nitrogens with zero attached hydrogens (tertiary/aromatic N) is 1. The Morgan fingerprint density at radius 2 is 1.75 bits per heavy atom. The maximum atomic E-state index is 13.0. The lowest BCUT2D eigenvalue weighted by Gasteiger charge is -2.44. The summed E-state index contributed by atoms with van der Waals surface area (Å²) < 4.78 is 89.9. The third-order valence-electron chi connectivity index (χ3n) is 5.35. The molecule has 202 valence electrons. The fourth-order valence-corrected chi connectivity index (χ4v) is 3.77. The van der Waals surface area contributed by atoms with Crippen LogP contribution in [0.4, 0.5) is 26.3 Å². The van der Waals surface area contributed by atoms with Gasteiger partial charge in [0, 0.05) is 6.54 Å². The predicted molar refractivity (Wildman–Crippen MR) is 113 cm³/mol. The molecule has 1 amide bonds. The molecule has 0 bridgehead atoms. The van der Waals surface area contributed by atoms with Crippen LogP contribution in [0.3, 0.4) is 0 Å². The fourth-order valence-electron chi connectivity index (χ4n) is 3.77. The largest absolute Gasteiger partial charge is 0.484 e. The molecular weight excluding hydrogens is 502 g/mol. The Labute approximate surface area is 202 Å². The standard InChI is InChI=1S/C22H26F6N2O6/c1-2-34-19(33)20(7-3-4-8-30(20)9-10-31)12-29-18(32)16-11-15(35-13-21(23,24)25)5-6-17(16)36-14-22(26,27)28/h5-6,10-11H,2-4,7-9,12-14H2,1H3,(H,29,32). The molecule has 1 heterocycles. The van der Waals surface area contributed by atoms with Gasteiger partial charge in [-0.05, 0) is 50.9 Å². The van der Waals surface area contributed by atoms with E-state index in [1.807, 2.05) is 0 Å². The first kappa shape index (κ1) is 29.2. The van der Waals surface area contributed by atoms with Crippen molar-refractivity contribution >= 4 is 18.2 Å². The third-order valence-corrected chi connectivity index (χ3v) is 5.35. The summed E-state index contributed by atoms with van der Waals surface area (Å²) in [4.78, 5) is 38.6. The van der Waals surface area contributed by atoms with E-state index >= 15 is 0 Å². The van der Waals surface area contributed by atoms with Gasteiger partial charge >= 0.3 is 18.3 Å². The van der Waals surface area contributed by atoms with Crippen molar-refractivity contribution in [2.45, 2.75) is 44.1 Å². The number of ether oxygens (including phenoxy) is 3. The molecule has 1 fully saturated rings. The number of esters is 1. The van der Waals surface area contributed by atoms with Crippen LogP contribution in [-0.2, 0) is 14.3 Å². The number of hydrogen-bond donors (Lipinski definition) is 1. The fraction of sp³-hybridized carbons (Fsp3) is 0.591. The Balaban J connectivity index is 2.33. The first-order valence-corrected chi connectivity index (χ1v) is 11.0. The maximum Gasteiger partial charge on any atom is 0.422 e. The summed E-state index contributed by atoms with van der Waals surface area (Å²) >= 11 is 0. The van der Waals surface area contributed by atoms with Gasteiger partial charge in [-0.15, -0.1) is 0 Å². The van der Waals surface area contributed by atoms with E-state index in [4.69, 9.17) is 4.74 Å². The van der Waals surface area contributed by atoms with Gasteiger partial charge in [0.05, 0.1) is 18.7 Å². The summed E-state index contributed by atoms with van der Waals surface area (Å²) in [6.45, 7) is -1.99. The molecule has 0 aromatic heterocycles. The molecule has 1 aromatic rings. The first-order chi connectivity index (χ1) is 16.8. The molecule has 1 unspecified atom stereocenters. The van der Waals surface area contributed by atoms with Crippen LogP contribution < -0.4 is 14.8 Å². The molecule has 2 rings (SSSR count). The van der Waals surface area contributed by atoms with Gasteiger partial charge in [-0.2, -0.15) is 26.3 Å². The highest BCUT2D eigenvalue weighted by atomic mass is 19.4. The van der Waals surface area contributed by atoms with Gasteiger partial charge in [-0.3, -0.25) is 9.69 Å². The van der Waals surface area contributed by atoms with E-state index in [2.05, 4.69) is 14.8 Å². The summed E-state index contributed by atoms with van der Waals surface area (Å²) in [5.74, 6) is -2.70. The van der Waals surface area contributed by atoms with Gasteiger partial charge < -0.3 is 24.3 Å². The second kappa shape index (κ2) is 12.3. The molecule has 1 aliphatic heterocycles. The van der Waals surface area contributed by atoms with Crippen LogP contribution in [0.25, 0.3) is 0 Å². The van der Waals surface area contributed by atoms with Crippen molar-refractivity contribution in [2.24, 2.45) is 0 Å². The van der Waals surface area contributed by atoms with Gasteiger partial charge in [0.1, 0.15) is 23.3 Å². The van der Waals surface area contributed by atoms with Crippen LogP contribution in [0.2, 0.25) is 0 Å². The van der Waals surface area contributed by atoms with Crippen molar-refractivity contribution in [3.63, 3.8) is 0 Å². The molecular formula is C22H26F6N2O6. The number of rotatable bonds is 11. The number of amides is 1. The van der Waals surface area contributed by atoms with E-state index < -0.39 is 60.0 Å². The van der Waals surface area contributed by atoms with Gasteiger partial charge in [0.25, 0.3) is 5.91 Å².